The normalized spacial score (nSPS) is 12.2. The van der Waals surface area contributed by atoms with Crippen LogP contribution in [0, 0.1) is 6.92 Å². The van der Waals surface area contributed by atoms with Gasteiger partial charge in [0.15, 0.2) is 0 Å². The number of nitrogens with two attached hydrogens (primary N) is 1. The van der Waals surface area contributed by atoms with Gasteiger partial charge >= 0.3 is 0 Å². The monoisotopic (exact) mass is 222 g/mol. The van der Waals surface area contributed by atoms with E-state index in [2.05, 4.69) is 5.32 Å². The molecule has 1 aromatic rings. The fourth-order valence-corrected chi connectivity index (χ4v) is 1.31. The van der Waals surface area contributed by atoms with Crippen molar-refractivity contribution >= 4 is 11.6 Å². The maximum Gasteiger partial charge on any atom is 0.241 e. The van der Waals surface area contributed by atoms with Gasteiger partial charge in [0.05, 0.1) is 6.04 Å². The third kappa shape index (κ3) is 3.64. The highest BCUT2D eigenvalue weighted by Gasteiger charge is 2.13. The third-order valence-corrected chi connectivity index (χ3v) is 2.37. The molecule has 1 atom stereocenters. The lowest BCUT2D eigenvalue weighted by atomic mass is 10.1. The van der Waals surface area contributed by atoms with Gasteiger partial charge in [0.25, 0.3) is 0 Å². The molecule has 1 rings (SSSR count). The summed E-state index contributed by atoms with van der Waals surface area (Å²) in [5.41, 5.74) is 7.54. The molecular formula is C12H18N2O2. The van der Waals surface area contributed by atoms with Crippen LogP contribution in [0.25, 0.3) is 0 Å². The minimum absolute atomic E-state index is 0.175. The Morgan fingerprint density at radius 2 is 2.19 bits per heavy atom. The number of hydrogen-bond donors (Lipinski definition) is 2. The van der Waals surface area contributed by atoms with E-state index in [0.717, 1.165) is 11.3 Å². The number of nitrogens with one attached hydrogen (secondary N) is 1. The lowest BCUT2D eigenvalue weighted by Gasteiger charge is -2.13. The molecule has 88 valence electrons. The SMILES string of the molecule is COCCC(N)C(=O)Nc1ccccc1C. The van der Waals surface area contributed by atoms with Crippen LogP contribution in [0.3, 0.4) is 0 Å². The van der Waals surface area contributed by atoms with Crippen molar-refractivity contribution in [2.45, 2.75) is 19.4 Å². The molecule has 0 saturated heterocycles. The van der Waals surface area contributed by atoms with Crippen LogP contribution in [0.4, 0.5) is 5.69 Å². The van der Waals surface area contributed by atoms with Crippen molar-refractivity contribution in [3.63, 3.8) is 0 Å². The lowest BCUT2D eigenvalue weighted by Crippen LogP contribution is -2.36. The molecule has 0 bridgehead atoms. The molecule has 0 aliphatic rings. The molecule has 0 aliphatic heterocycles. The first-order chi connectivity index (χ1) is 7.65. The number of methoxy groups -OCH3 is 1. The predicted molar refractivity (Wildman–Crippen MR) is 64.3 cm³/mol. The number of hydrogen-bond acceptors (Lipinski definition) is 3. The van der Waals surface area contributed by atoms with Gasteiger partial charge in [-0.05, 0) is 25.0 Å². The van der Waals surface area contributed by atoms with Crippen molar-refractivity contribution in [3.8, 4) is 0 Å². The molecule has 1 unspecified atom stereocenters. The molecule has 1 aromatic carbocycles. The van der Waals surface area contributed by atoms with Crippen LogP contribution < -0.4 is 11.1 Å². The van der Waals surface area contributed by atoms with Gasteiger partial charge in [-0.25, -0.2) is 0 Å². The highest BCUT2D eigenvalue weighted by Crippen LogP contribution is 2.13. The Balaban J connectivity index is 2.54. The van der Waals surface area contributed by atoms with Gasteiger partial charge in [-0.2, -0.15) is 0 Å². The molecule has 4 nitrogen and oxygen atoms in total. The van der Waals surface area contributed by atoms with Crippen LogP contribution in [-0.4, -0.2) is 25.7 Å². The number of amides is 1. The Morgan fingerprint density at radius 3 is 2.81 bits per heavy atom. The highest BCUT2D eigenvalue weighted by atomic mass is 16.5. The summed E-state index contributed by atoms with van der Waals surface area (Å²) in [5.74, 6) is -0.175. The van der Waals surface area contributed by atoms with E-state index >= 15 is 0 Å². The zero-order valence-electron chi connectivity index (χ0n) is 9.69. The first-order valence-corrected chi connectivity index (χ1v) is 5.26. The van der Waals surface area contributed by atoms with Crippen molar-refractivity contribution in [2.24, 2.45) is 5.73 Å². The summed E-state index contributed by atoms with van der Waals surface area (Å²) in [4.78, 5) is 11.7. The minimum Gasteiger partial charge on any atom is -0.385 e. The van der Waals surface area contributed by atoms with Crippen LogP contribution in [0.2, 0.25) is 0 Å². The van der Waals surface area contributed by atoms with E-state index in [0.29, 0.717) is 13.0 Å². The van der Waals surface area contributed by atoms with E-state index in [1.54, 1.807) is 7.11 Å². The van der Waals surface area contributed by atoms with Crippen LogP contribution in [0.15, 0.2) is 24.3 Å². The third-order valence-electron chi connectivity index (χ3n) is 2.37. The predicted octanol–water partition coefficient (Wildman–Crippen LogP) is 1.30. The molecular weight excluding hydrogens is 204 g/mol. The molecule has 0 aliphatic carbocycles. The standard InChI is InChI=1S/C12H18N2O2/c1-9-5-3-4-6-11(9)14-12(15)10(13)7-8-16-2/h3-6,10H,7-8,13H2,1-2H3,(H,14,15). The number of carbonyl (C=O) groups is 1. The van der Waals surface area contributed by atoms with E-state index in [-0.39, 0.29) is 5.91 Å². The van der Waals surface area contributed by atoms with Crippen molar-refractivity contribution in [3.05, 3.63) is 29.8 Å². The zero-order valence-corrected chi connectivity index (χ0v) is 9.69. The van der Waals surface area contributed by atoms with E-state index in [4.69, 9.17) is 10.5 Å². The smallest absolute Gasteiger partial charge is 0.241 e. The second-order valence-electron chi connectivity index (χ2n) is 3.69. The largest absolute Gasteiger partial charge is 0.385 e. The molecule has 0 fully saturated rings. The van der Waals surface area contributed by atoms with Gasteiger partial charge in [0.2, 0.25) is 5.91 Å². The van der Waals surface area contributed by atoms with Gasteiger partial charge < -0.3 is 15.8 Å². The number of aryl methyl sites for hydroxylation is 1. The number of para-hydroxylation sites is 1. The van der Waals surface area contributed by atoms with Crippen LogP contribution in [0.1, 0.15) is 12.0 Å². The highest BCUT2D eigenvalue weighted by molar-refractivity contribution is 5.95. The lowest BCUT2D eigenvalue weighted by molar-refractivity contribution is -0.117. The quantitative estimate of drug-likeness (QED) is 0.789. The summed E-state index contributed by atoms with van der Waals surface area (Å²) >= 11 is 0. The van der Waals surface area contributed by atoms with Crippen molar-refractivity contribution in [1.29, 1.82) is 0 Å². The van der Waals surface area contributed by atoms with Crippen molar-refractivity contribution in [1.82, 2.24) is 0 Å². The molecule has 4 heteroatoms. The molecule has 0 radical (unpaired) electrons. The summed E-state index contributed by atoms with van der Waals surface area (Å²) in [6, 6.07) is 7.07. The minimum atomic E-state index is -0.528. The van der Waals surface area contributed by atoms with Crippen LogP contribution in [0.5, 0.6) is 0 Å². The maximum absolute atomic E-state index is 11.7. The number of carbonyl (C=O) groups excluding carboxylic acids is 1. The fraction of sp³-hybridized carbons (Fsp3) is 0.417. The molecule has 0 heterocycles. The van der Waals surface area contributed by atoms with E-state index in [1.165, 1.54) is 0 Å². The van der Waals surface area contributed by atoms with Gasteiger partial charge in [0, 0.05) is 19.4 Å². The van der Waals surface area contributed by atoms with E-state index in [9.17, 15) is 4.79 Å². The van der Waals surface area contributed by atoms with E-state index < -0.39 is 6.04 Å². The summed E-state index contributed by atoms with van der Waals surface area (Å²) in [5, 5.41) is 2.80. The maximum atomic E-state index is 11.7. The summed E-state index contributed by atoms with van der Waals surface area (Å²) in [6.45, 7) is 2.43. The van der Waals surface area contributed by atoms with Crippen LogP contribution in [-0.2, 0) is 9.53 Å². The Kier molecular flexibility index (Phi) is 4.95. The van der Waals surface area contributed by atoms with Crippen molar-refractivity contribution in [2.75, 3.05) is 19.0 Å². The molecule has 1 amide bonds. The number of rotatable bonds is 5. The Morgan fingerprint density at radius 1 is 1.50 bits per heavy atom. The molecule has 0 aromatic heterocycles. The molecule has 0 saturated carbocycles. The first-order valence-electron chi connectivity index (χ1n) is 5.26. The van der Waals surface area contributed by atoms with Gasteiger partial charge in [-0.15, -0.1) is 0 Å². The second kappa shape index (κ2) is 6.25. The molecule has 0 spiro atoms. The topological polar surface area (TPSA) is 64.3 Å². The molecule has 16 heavy (non-hydrogen) atoms. The van der Waals surface area contributed by atoms with Gasteiger partial charge in [-0.1, -0.05) is 18.2 Å². The van der Waals surface area contributed by atoms with Crippen LogP contribution >= 0.6 is 0 Å². The Bertz CT molecular complexity index is 353. The molecule has 3 N–H and O–H groups in total. The number of anilines is 1. The summed E-state index contributed by atoms with van der Waals surface area (Å²) < 4.78 is 4.88. The average molecular weight is 222 g/mol. The second-order valence-corrected chi connectivity index (χ2v) is 3.69. The van der Waals surface area contributed by atoms with E-state index in [1.807, 2.05) is 31.2 Å². The first kappa shape index (κ1) is 12.7. The number of benzene rings is 1. The van der Waals surface area contributed by atoms with Gasteiger partial charge in [-0.3, -0.25) is 4.79 Å². The summed E-state index contributed by atoms with van der Waals surface area (Å²) in [7, 11) is 1.59. The zero-order chi connectivity index (χ0) is 12.0. The average Bonchev–Trinajstić information content (AvgIpc) is 2.28. The van der Waals surface area contributed by atoms with Gasteiger partial charge in [0.1, 0.15) is 0 Å². The fourth-order valence-electron chi connectivity index (χ4n) is 1.31. The Hall–Kier alpha value is -1.39. The Labute approximate surface area is 95.8 Å². The van der Waals surface area contributed by atoms with Crippen molar-refractivity contribution < 1.29 is 9.53 Å². The summed E-state index contributed by atoms with van der Waals surface area (Å²) in [6.07, 6.45) is 0.522. The number of ether oxygens (including phenoxy) is 1.